The van der Waals surface area contributed by atoms with E-state index < -0.39 is 5.91 Å². The zero-order chi connectivity index (χ0) is 16.9. The molecule has 0 aliphatic carbocycles. The van der Waals surface area contributed by atoms with E-state index in [0.29, 0.717) is 28.6 Å². The molecule has 1 N–H and O–H groups in total. The maximum Gasteiger partial charge on any atom is 0.262 e. The molecule has 0 spiro atoms. The monoisotopic (exact) mass is 340 g/mol. The smallest absolute Gasteiger partial charge is 0.262 e. The Morgan fingerprint density at radius 3 is 2.67 bits per heavy atom. The first-order valence-corrected chi connectivity index (χ1v) is 7.58. The van der Waals surface area contributed by atoms with Crippen LogP contribution in [0.5, 0.6) is 11.5 Å². The maximum atomic E-state index is 12.2. The molecule has 0 aromatic heterocycles. The van der Waals surface area contributed by atoms with Gasteiger partial charge in [-0.05, 0) is 23.3 Å². The Balaban J connectivity index is 1.77. The molecule has 1 heterocycles. The van der Waals surface area contributed by atoms with Crippen molar-refractivity contribution in [1.29, 1.82) is 5.26 Å². The van der Waals surface area contributed by atoms with Crippen LogP contribution >= 0.6 is 11.6 Å². The number of fused-ring (bicyclic) bond motifs is 1. The molecule has 0 bridgehead atoms. The first-order chi connectivity index (χ1) is 11.7. The molecule has 1 aliphatic heterocycles. The van der Waals surface area contributed by atoms with Crippen LogP contribution in [-0.4, -0.2) is 12.7 Å². The minimum atomic E-state index is -0.463. The Labute approximate surface area is 144 Å². The zero-order valence-corrected chi connectivity index (χ0v) is 13.3. The van der Waals surface area contributed by atoms with Crippen molar-refractivity contribution in [3.8, 4) is 17.6 Å². The van der Waals surface area contributed by atoms with Crippen LogP contribution in [0.2, 0.25) is 5.02 Å². The number of carbonyl (C=O) groups excluding carboxylic acids is 1. The summed E-state index contributed by atoms with van der Waals surface area (Å²) in [7, 11) is 0. The van der Waals surface area contributed by atoms with Crippen LogP contribution in [0.25, 0.3) is 6.08 Å². The fourth-order valence-electron chi connectivity index (χ4n) is 2.22. The van der Waals surface area contributed by atoms with E-state index in [1.165, 1.54) is 6.08 Å². The predicted octanol–water partition coefficient (Wildman–Crippen LogP) is 3.29. The van der Waals surface area contributed by atoms with Gasteiger partial charge >= 0.3 is 0 Å². The molecule has 0 unspecified atom stereocenters. The summed E-state index contributed by atoms with van der Waals surface area (Å²) in [4.78, 5) is 12.2. The van der Waals surface area contributed by atoms with Crippen molar-refractivity contribution in [2.75, 3.05) is 6.79 Å². The molecule has 3 rings (SSSR count). The Hall–Kier alpha value is -2.97. The fraction of sp³-hybridized carbons (Fsp3) is 0.111. The highest BCUT2D eigenvalue weighted by Crippen LogP contribution is 2.37. The van der Waals surface area contributed by atoms with E-state index >= 15 is 0 Å². The number of nitriles is 1. The van der Waals surface area contributed by atoms with Crippen LogP contribution in [0.15, 0.2) is 48.0 Å². The third-order valence-corrected chi connectivity index (χ3v) is 3.78. The van der Waals surface area contributed by atoms with Gasteiger partial charge in [0.1, 0.15) is 11.6 Å². The number of amides is 1. The van der Waals surface area contributed by atoms with E-state index in [1.54, 1.807) is 12.1 Å². The number of ether oxygens (including phenoxy) is 2. The van der Waals surface area contributed by atoms with E-state index in [-0.39, 0.29) is 12.4 Å². The number of hydrogen-bond acceptors (Lipinski definition) is 4. The SMILES string of the molecule is N#C/C(=C\c1cc2c(cc1Cl)OCO2)C(=O)NCc1ccccc1. The van der Waals surface area contributed by atoms with Gasteiger partial charge in [-0.2, -0.15) is 5.26 Å². The van der Waals surface area contributed by atoms with Gasteiger partial charge in [0.2, 0.25) is 6.79 Å². The minimum absolute atomic E-state index is 0.0355. The van der Waals surface area contributed by atoms with E-state index in [1.807, 2.05) is 36.4 Å². The third-order valence-electron chi connectivity index (χ3n) is 3.45. The molecule has 1 aliphatic rings. The summed E-state index contributed by atoms with van der Waals surface area (Å²) in [6, 6.07) is 14.6. The predicted molar refractivity (Wildman–Crippen MR) is 89.5 cm³/mol. The fourth-order valence-corrected chi connectivity index (χ4v) is 2.43. The second kappa shape index (κ2) is 7.07. The van der Waals surface area contributed by atoms with Gasteiger partial charge in [0.15, 0.2) is 11.5 Å². The molecule has 0 radical (unpaired) electrons. The third kappa shape index (κ3) is 3.50. The van der Waals surface area contributed by atoms with Crippen LogP contribution in [0.4, 0.5) is 0 Å². The Morgan fingerprint density at radius 2 is 1.96 bits per heavy atom. The molecule has 0 saturated carbocycles. The van der Waals surface area contributed by atoms with Gasteiger partial charge in [-0.1, -0.05) is 41.9 Å². The van der Waals surface area contributed by atoms with Crippen LogP contribution < -0.4 is 14.8 Å². The number of nitrogens with one attached hydrogen (secondary N) is 1. The van der Waals surface area contributed by atoms with E-state index in [0.717, 1.165) is 5.56 Å². The van der Waals surface area contributed by atoms with Gasteiger partial charge in [-0.15, -0.1) is 0 Å². The van der Waals surface area contributed by atoms with E-state index in [4.69, 9.17) is 21.1 Å². The van der Waals surface area contributed by atoms with Crippen molar-refractivity contribution in [1.82, 2.24) is 5.32 Å². The summed E-state index contributed by atoms with van der Waals surface area (Å²) in [6.07, 6.45) is 1.44. The van der Waals surface area contributed by atoms with Gasteiger partial charge in [0.05, 0.1) is 5.02 Å². The number of rotatable bonds is 4. The molecule has 0 fully saturated rings. The van der Waals surface area contributed by atoms with Crippen molar-refractivity contribution >= 4 is 23.6 Å². The highest BCUT2D eigenvalue weighted by Gasteiger charge is 2.17. The molecular formula is C18H13ClN2O3. The second-order valence-electron chi connectivity index (χ2n) is 5.07. The molecule has 2 aromatic carbocycles. The number of benzene rings is 2. The lowest BCUT2D eigenvalue weighted by molar-refractivity contribution is -0.117. The Kier molecular flexibility index (Phi) is 4.69. The first-order valence-electron chi connectivity index (χ1n) is 7.20. The molecule has 0 saturated heterocycles. The topological polar surface area (TPSA) is 71.3 Å². The number of carbonyl (C=O) groups is 1. The molecule has 2 aromatic rings. The largest absolute Gasteiger partial charge is 0.454 e. The van der Waals surface area contributed by atoms with Crippen LogP contribution in [0.3, 0.4) is 0 Å². The summed E-state index contributed by atoms with van der Waals surface area (Å²) >= 11 is 6.17. The van der Waals surface area contributed by atoms with E-state index in [2.05, 4.69) is 5.32 Å². The minimum Gasteiger partial charge on any atom is -0.454 e. The van der Waals surface area contributed by atoms with Crippen molar-refractivity contribution in [2.24, 2.45) is 0 Å². The summed E-state index contributed by atoms with van der Waals surface area (Å²) < 4.78 is 10.5. The highest BCUT2D eigenvalue weighted by molar-refractivity contribution is 6.32. The Bertz CT molecular complexity index is 841. The normalized spacial score (nSPS) is 12.6. The molecule has 0 atom stereocenters. The van der Waals surface area contributed by atoms with Crippen molar-refractivity contribution < 1.29 is 14.3 Å². The van der Waals surface area contributed by atoms with Crippen LogP contribution in [0, 0.1) is 11.3 Å². The molecule has 24 heavy (non-hydrogen) atoms. The van der Waals surface area contributed by atoms with Gasteiger partial charge < -0.3 is 14.8 Å². The van der Waals surface area contributed by atoms with Crippen LogP contribution in [0.1, 0.15) is 11.1 Å². The highest BCUT2D eigenvalue weighted by atomic mass is 35.5. The maximum absolute atomic E-state index is 12.2. The second-order valence-corrected chi connectivity index (χ2v) is 5.47. The molecule has 5 nitrogen and oxygen atoms in total. The Morgan fingerprint density at radius 1 is 1.25 bits per heavy atom. The lowest BCUT2D eigenvalue weighted by Gasteiger charge is -2.05. The quantitative estimate of drug-likeness (QED) is 0.684. The van der Waals surface area contributed by atoms with Gasteiger partial charge in [-0.25, -0.2) is 0 Å². The average molecular weight is 341 g/mol. The molecule has 120 valence electrons. The first kappa shape index (κ1) is 15.9. The molecule has 1 amide bonds. The number of nitrogens with zero attached hydrogens (tertiary/aromatic N) is 1. The zero-order valence-electron chi connectivity index (χ0n) is 12.6. The van der Waals surface area contributed by atoms with Gasteiger partial charge in [0, 0.05) is 12.6 Å². The summed E-state index contributed by atoms with van der Waals surface area (Å²) in [5.41, 5.74) is 1.43. The standard InChI is InChI=1S/C18H13ClN2O3/c19-15-8-17-16(23-11-24-17)7-13(15)6-14(9-20)18(22)21-10-12-4-2-1-3-5-12/h1-8H,10-11H2,(H,21,22)/b14-6+. The number of hydrogen-bond donors (Lipinski definition) is 1. The van der Waals surface area contributed by atoms with Gasteiger partial charge in [0.25, 0.3) is 5.91 Å². The van der Waals surface area contributed by atoms with Crippen molar-refractivity contribution in [2.45, 2.75) is 6.54 Å². The summed E-state index contributed by atoms with van der Waals surface area (Å²) in [5, 5.41) is 12.4. The van der Waals surface area contributed by atoms with Crippen molar-refractivity contribution in [3.05, 3.63) is 64.2 Å². The van der Waals surface area contributed by atoms with E-state index in [9.17, 15) is 10.1 Å². The lowest BCUT2D eigenvalue weighted by Crippen LogP contribution is -2.23. The number of halogens is 1. The summed E-state index contributed by atoms with van der Waals surface area (Å²) in [6.45, 7) is 0.467. The summed E-state index contributed by atoms with van der Waals surface area (Å²) in [5.74, 6) is 0.618. The van der Waals surface area contributed by atoms with Gasteiger partial charge in [-0.3, -0.25) is 4.79 Å². The van der Waals surface area contributed by atoms with Crippen molar-refractivity contribution in [3.63, 3.8) is 0 Å². The molecule has 6 heteroatoms. The molecular weight excluding hydrogens is 328 g/mol. The lowest BCUT2D eigenvalue weighted by atomic mass is 10.1. The van der Waals surface area contributed by atoms with Crippen LogP contribution in [-0.2, 0) is 11.3 Å². The average Bonchev–Trinajstić information content (AvgIpc) is 3.05.